The van der Waals surface area contributed by atoms with Crippen LogP contribution in [0.15, 0.2) is 0 Å². The minimum Gasteiger partial charge on any atom is -0.391 e. The number of alkyl halides is 3. The van der Waals surface area contributed by atoms with E-state index in [-0.39, 0.29) is 19.0 Å². The highest BCUT2D eigenvalue weighted by molar-refractivity contribution is 4.89. The molecular formula is C13H22F3NO. The Morgan fingerprint density at radius 1 is 1.17 bits per heavy atom. The van der Waals surface area contributed by atoms with E-state index in [0.29, 0.717) is 18.9 Å². The lowest BCUT2D eigenvalue weighted by atomic mass is 9.82. The quantitative estimate of drug-likeness (QED) is 0.788. The summed E-state index contributed by atoms with van der Waals surface area (Å²) >= 11 is 0. The second-order valence-corrected chi connectivity index (χ2v) is 5.93. The van der Waals surface area contributed by atoms with Gasteiger partial charge in [-0.25, -0.2) is 0 Å². The van der Waals surface area contributed by atoms with Crippen molar-refractivity contribution in [3.8, 4) is 0 Å². The first-order chi connectivity index (χ1) is 8.38. The molecular weight excluding hydrogens is 243 g/mol. The molecule has 2 aliphatic rings. The van der Waals surface area contributed by atoms with Gasteiger partial charge in [0.25, 0.3) is 0 Å². The van der Waals surface area contributed by atoms with Gasteiger partial charge < -0.3 is 5.11 Å². The SMILES string of the molecule is CC1CCC(O)C(N2CCCC(C(F)(F)F)C2)C1. The molecule has 1 saturated carbocycles. The molecule has 0 spiro atoms. The molecule has 1 saturated heterocycles. The highest BCUT2D eigenvalue weighted by atomic mass is 19.4. The zero-order valence-electron chi connectivity index (χ0n) is 10.8. The van der Waals surface area contributed by atoms with Crippen molar-refractivity contribution in [1.82, 2.24) is 4.90 Å². The van der Waals surface area contributed by atoms with Crippen LogP contribution < -0.4 is 0 Å². The molecule has 4 atom stereocenters. The van der Waals surface area contributed by atoms with Gasteiger partial charge in [-0.2, -0.15) is 13.2 Å². The zero-order chi connectivity index (χ0) is 13.3. The predicted molar refractivity (Wildman–Crippen MR) is 63.2 cm³/mol. The van der Waals surface area contributed by atoms with Gasteiger partial charge in [0.05, 0.1) is 12.0 Å². The first-order valence-corrected chi connectivity index (χ1v) is 6.86. The van der Waals surface area contributed by atoms with Crippen molar-refractivity contribution < 1.29 is 18.3 Å². The fourth-order valence-corrected chi connectivity index (χ4v) is 3.30. The number of hydrogen-bond donors (Lipinski definition) is 1. The summed E-state index contributed by atoms with van der Waals surface area (Å²) in [6.45, 7) is 2.88. The van der Waals surface area contributed by atoms with Crippen LogP contribution in [0.3, 0.4) is 0 Å². The second-order valence-electron chi connectivity index (χ2n) is 5.93. The van der Waals surface area contributed by atoms with Gasteiger partial charge in [-0.3, -0.25) is 4.90 Å². The van der Waals surface area contributed by atoms with Crippen molar-refractivity contribution in [2.75, 3.05) is 13.1 Å². The summed E-state index contributed by atoms with van der Waals surface area (Å²) in [4.78, 5) is 1.88. The molecule has 0 aromatic rings. The van der Waals surface area contributed by atoms with E-state index in [1.165, 1.54) is 0 Å². The molecule has 0 radical (unpaired) electrons. The van der Waals surface area contributed by atoms with Gasteiger partial charge >= 0.3 is 6.18 Å². The molecule has 0 bridgehead atoms. The maximum absolute atomic E-state index is 12.8. The number of aliphatic hydroxyl groups excluding tert-OH is 1. The summed E-state index contributed by atoms with van der Waals surface area (Å²) in [5.41, 5.74) is 0. The van der Waals surface area contributed by atoms with E-state index >= 15 is 0 Å². The van der Waals surface area contributed by atoms with E-state index in [1.54, 1.807) is 0 Å². The van der Waals surface area contributed by atoms with E-state index in [0.717, 1.165) is 19.3 Å². The predicted octanol–water partition coefficient (Wildman–Crippen LogP) is 2.81. The molecule has 0 amide bonds. The monoisotopic (exact) mass is 265 g/mol. The van der Waals surface area contributed by atoms with Crippen LogP contribution in [0, 0.1) is 11.8 Å². The Balaban J connectivity index is 1.99. The fraction of sp³-hybridized carbons (Fsp3) is 1.00. The van der Waals surface area contributed by atoms with Gasteiger partial charge in [0.1, 0.15) is 0 Å². The van der Waals surface area contributed by atoms with Crippen LogP contribution in [-0.4, -0.2) is 41.4 Å². The summed E-state index contributed by atoms with van der Waals surface area (Å²) in [5, 5.41) is 10.0. The van der Waals surface area contributed by atoms with E-state index in [1.807, 2.05) is 4.90 Å². The van der Waals surface area contributed by atoms with Crippen molar-refractivity contribution in [2.45, 2.75) is 57.3 Å². The molecule has 0 aromatic carbocycles. The number of piperidine rings is 1. The van der Waals surface area contributed by atoms with E-state index in [9.17, 15) is 18.3 Å². The molecule has 2 nitrogen and oxygen atoms in total. The maximum atomic E-state index is 12.8. The summed E-state index contributed by atoms with van der Waals surface area (Å²) < 4.78 is 38.3. The number of likely N-dealkylation sites (tertiary alicyclic amines) is 1. The molecule has 1 aliphatic carbocycles. The Hall–Kier alpha value is -0.290. The van der Waals surface area contributed by atoms with Crippen LogP contribution in [0.5, 0.6) is 0 Å². The topological polar surface area (TPSA) is 23.5 Å². The van der Waals surface area contributed by atoms with Crippen molar-refractivity contribution in [2.24, 2.45) is 11.8 Å². The normalized spacial score (nSPS) is 39.8. The lowest BCUT2D eigenvalue weighted by Gasteiger charge is -2.43. The average molecular weight is 265 g/mol. The lowest BCUT2D eigenvalue weighted by Crippen LogP contribution is -2.52. The minimum absolute atomic E-state index is 0.0674. The Labute approximate surface area is 106 Å². The molecule has 1 heterocycles. The highest BCUT2D eigenvalue weighted by Crippen LogP contribution is 2.36. The third kappa shape index (κ3) is 3.18. The number of hydrogen-bond acceptors (Lipinski definition) is 2. The summed E-state index contributed by atoms with van der Waals surface area (Å²) in [7, 11) is 0. The van der Waals surface area contributed by atoms with Gasteiger partial charge in [-0.05, 0) is 44.6 Å². The first kappa shape index (κ1) is 14.1. The van der Waals surface area contributed by atoms with Crippen molar-refractivity contribution >= 4 is 0 Å². The largest absolute Gasteiger partial charge is 0.393 e. The zero-order valence-corrected chi connectivity index (χ0v) is 10.8. The molecule has 1 N–H and O–H groups in total. The molecule has 106 valence electrons. The molecule has 0 aromatic heterocycles. The first-order valence-electron chi connectivity index (χ1n) is 6.86. The van der Waals surface area contributed by atoms with Crippen LogP contribution in [0.2, 0.25) is 0 Å². The van der Waals surface area contributed by atoms with E-state index in [2.05, 4.69) is 6.92 Å². The third-order valence-corrected chi connectivity index (χ3v) is 4.43. The smallest absolute Gasteiger partial charge is 0.391 e. The van der Waals surface area contributed by atoms with Gasteiger partial charge in [0, 0.05) is 12.6 Å². The van der Waals surface area contributed by atoms with Crippen LogP contribution >= 0.6 is 0 Å². The second kappa shape index (κ2) is 5.37. The van der Waals surface area contributed by atoms with E-state index in [4.69, 9.17) is 0 Å². The van der Waals surface area contributed by atoms with Crippen molar-refractivity contribution in [3.63, 3.8) is 0 Å². The van der Waals surface area contributed by atoms with Gasteiger partial charge in [-0.1, -0.05) is 6.92 Å². The standard InChI is InChI=1S/C13H22F3NO/c1-9-4-5-12(18)11(7-9)17-6-2-3-10(8-17)13(14,15)16/h9-12,18H,2-8H2,1H3. The number of aliphatic hydroxyl groups is 1. The molecule has 5 heteroatoms. The Morgan fingerprint density at radius 2 is 1.89 bits per heavy atom. The highest BCUT2D eigenvalue weighted by Gasteiger charge is 2.44. The number of nitrogens with zero attached hydrogens (tertiary/aromatic N) is 1. The van der Waals surface area contributed by atoms with E-state index < -0.39 is 18.2 Å². The molecule has 1 aliphatic heterocycles. The Morgan fingerprint density at radius 3 is 2.56 bits per heavy atom. The molecule has 18 heavy (non-hydrogen) atoms. The van der Waals surface area contributed by atoms with Crippen LogP contribution in [-0.2, 0) is 0 Å². The Kier molecular flexibility index (Phi) is 4.22. The van der Waals surface area contributed by atoms with Gasteiger partial charge in [0.2, 0.25) is 0 Å². The molecule has 2 rings (SSSR count). The fourth-order valence-electron chi connectivity index (χ4n) is 3.30. The lowest BCUT2D eigenvalue weighted by molar-refractivity contribution is -0.191. The van der Waals surface area contributed by atoms with Gasteiger partial charge in [-0.15, -0.1) is 0 Å². The van der Waals surface area contributed by atoms with Crippen molar-refractivity contribution in [1.29, 1.82) is 0 Å². The van der Waals surface area contributed by atoms with Crippen molar-refractivity contribution in [3.05, 3.63) is 0 Å². The van der Waals surface area contributed by atoms with Gasteiger partial charge in [0.15, 0.2) is 0 Å². The molecule has 4 unspecified atom stereocenters. The summed E-state index contributed by atoms with van der Waals surface area (Å²) in [6, 6.07) is -0.0705. The minimum atomic E-state index is -4.09. The van der Waals surface area contributed by atoms with Crippen LogP contribution in [0.1, 0.15) is 39.0 Å². The average Bonchev–Trinajstić information content (AvgIpc) is 2.31. The van der Waals surface area contributed by atoms with Crippen LogP contribution in [0.4, 0.5) is 13.2 Å². The number of rotatable bonds is 1. The maximum Gasteiger partial charge on any atom is 0.393 e. The summed E-state index contributed by atoms with van der Waals surface area (Å²) in [5.74, 6) is -0.708. The number of halogens is 3. The third-order valence-electron chi connectivity index (χ3n) is 4.43. The Bertz CT molecular complexity index is 282. The summed E-state index contributed by atoms with van der Waals surface area (Å²) in [6.07, 6.45) is -1.20. The molecule has 2 fully saturated rings. The van der Waals surface area contributed by atoms with Crippen LogP contribution in [0.25, 0.3) is 0 Å².